The van der Waals surface area contributed by atoms with Crippen molar-refractivity contribution in [3.8, 4) is 0 Å². The summed E-state index contributed by atoms with van der Waals surface area (Å²) in [6.45, 7) is 4.19. The van der Waals surface area contributed by atoms with E-state index in [9.17, 15) is 4.79 Å². The van der Waals surface area contributed by atoms with Crippen molar-refractivity contribution in [2.75, 3.05) is 13.1 Å². The molecule has 3 nitrogen and oxygen atoms in total. The maximum absolute atomic E-state index is 11.9. The summed E-state index contributed by atoms with van der Waals surface area (Å²) in [6.07, 6.45) is 3.68. The van der Waals surface area contributed by atoms with Crippen LogP contribution in [-0.4, -0.2) is 25.0 Å². The van der Waals surface area contributed by atoms with E-state index in [1.165, 1.54) is 4.88 Å². The Kier molecular flexibility index (Phi) is 5.85. The molecule has 1 amide bonds. The first-order chi connectivity index (χ1) is 9.15. The highest BCUT2D eigenvalue weighted by Crippen LogP contribution is 2.23. The van der Waals surface area contributed by atoms with Gasteiger partial charge in [0.25, 0.3) is 0 Å². The summed E-state index contributed by atoms with van der Waals surface area (Å²) >= 11 is 5.21. The molecule has 2 heterocycles. The highest BCUT2D eigenvalue weighted by Gasteiger charge is 2.22. The summed E-state index contributed by atoms with van der Waals surface area (Å²) in [4.78, 5) is 13.2. The number of thiophene rings is 1. The Morgan fingerprint density at radius 2 is 2.42 bits per heavy atom. The van der Waals surface area contributed by atoms with E-state index in [1.54, 1.807) is 11.3 Å². The van der Waals surface area contributed by atoms with Gasteiger partial charge in [-0.2, -0.15) is 0 Å². The molecule has 2 unspecified atom stereocenters. The minimum atomic E-state index is 0.191. The first-order valence-electron chi connectivity index (χ1n) is 6.89. The Hall–Kier alpha value is -0.390. The first kappa shape index (κ1) is 15.0. The highest BCUT2D eigenvalue weighted by atomic mass is 79.9. The van der Waals surface area contributed by atoms with Crippen LogP contribution in [0.3, 0.4) is 0 Å². The summed E-state index contributed by atoms with van der Waals surface area (Å²) in [5, 5.41) is 6.49. The number of amides is 1. The maximum atomic E-state index is 11.9. The van der Waals surface area contributed by atoms with Gasteiger partial charge in [0.2, 0.25) is 5.91 Å². The lowest BCUT2D eigenvalue weighted by Gasteiger charge is -2.30. The minimum absolute atomic E-state index is 0.191. The molecule has 5 heteroatoms. The average molecular weight is 345 g/mol. The SMILES string of the molecule is CC1CCNCC1NC(=O)CCCc1ccc(Br)s1. The molecule has 2 atom stereocenters. The summed E-state index contributed by atoms with van der Waals surface area (Å²) in [5.74, 6) is 0.773. The van der Waals surface area contributed by atoms with E-state index in [2.05, 4.69) is 45.6 Å². The number of hydrogen-bond donors (Lipinski definition) is 2. The summed E-state index contributed by atoms with van der Waals surface area (Å²) in [6, 6.07) is 4.49. The fraction of sp³-hybridized carbons (Fsp3) is 0.643. The topological polar surface area (TPSA) is 41.1 Å². The molecule has 1 aliphatic rings. The molecule has 0 saturated carbocycles. The largest absolute Gasteiger partial charge is 0.352 e. The third-order valence-electron chi connectivity index (χ3n) is 3.63. The number of aryl methyl sites for hydroxylation is 1. The molecule has 1 saturated heterocycles. The molecule has 0 radical (unpaired) electrons. The van der Waals surface area contributed by atoms with Crippen molar-refractivity contribution in [2.24, 2.45) is 5.92 Å². The van der Waals surface area contributed by atoms with Gasteiger partial charge in [0.05, 0.1) is 3.79 Å². The number of rotatable bonds is 5. The van der Waals surface area contributed by atoms with Crippen molar-refractivity contribution in [3.63, 3.8) is 0 Å². The van der Waals surface area contributed by atoms with E-state index in [4.69, 9.17) is 0 Å². The van der Waals surface area contributed by atoms with Gasteiger partial charge in [-0.1, -0.05) is 6.92 Å². The van der Waals surface area contributed by atoms with E-state index >= 15 is 0 Å². The lowest BCUT2D eigenvalue weighted by Crippen LogP contribution is -2.50. The number of halogens is 1. The molecule has 1 fully saturated rings. The number of piperidine rings is 1. The quantitative estimate of drug-likeness (QED) is 0.862. The molecule has 19 heavy (non-hydrogen) atoms. The Morgan fingerprint density at radius 1 is 1.58 bits per heavy atom. The third kappa shape index (κ3) is 4.89. The van der Waals surface area contributed by atoms with Crippen LogP contribution in [0.15, 0.2) is 15.9 Å². The molecule has 1 aromatic heterocycles. The van der Waals surface area contributed by atoms with E-state index in [0.717, 1.165) is 36.1 Å². The number of nitrogens with one attached hydrogen (secondary N) is 2. The maximum Gasteiger partial charge on any atom is 0.220 e. The second-order valence-electron chi connectivity index (χ2n) is 5.20. The van der Waals surface area contributed by atoms with Crippen LogP contribution in [0.25, 0.3) is 0 Å². The second-order valence-corrected chi connectivity index (χ2v) is 7.75. The molecule has 1 aromatic rings. The molecule has 0 aromatic carbocycles. The van der Waals surface area contributed by atoms with Crippen LogP contribution in [0.1, 0.15) is 31.1 Å². The fourth-order valence-electron chi connectivity index (χ4n) is 2.37. The van der Waals surface area contributed by atoms with Crippen molar-refractivity contribution in [1.29, 1.82) is 0 Å². The average Bonchev–Trinajstić information content (AvgIpc) is 2.78. The lowest BCUT2D eigenvalue weighted by atomic mass is 9.94. The Morgan fingerprint density at radius 3 is 3.11 bits per heavy atom. The zero-order valence-corrected chi connectivity index (χ0v) is 13.6. The minimum Gasteiger partial charge on any atom is -0.352 e. The highest BCUT2D eigenvalue weighted by molar-refractivity contribution is 9.11. The van der Waals surface area contributed by atoms with Gasteiger partial charge in [-0.05, 0) is 59.8 Å². The van der Waals surface area contributed by atoms with E-state index < -0.39 is 0 Å². The summed E-state index contributed by atoms with van der Waals surface area (Å²) < 4.78 is 1.16. The van der Waals surface area contributed by atoms with Crippen molar-refractivity contribution >= 4 is 33.2 Å². The van der Waals surface area contributed by atoms with Gasteiger partial charge in [-0.3, -0.25) is 4.79 Å². The summed E-state index contributed by atoms with van der Waals surface area (Å²) in [5.41, 5.74) is 0. The van der Waals surface area contributed by atoms with Gasteiger partial charge in [0, 0.05) is 23.9 Å². The zero-order valence-electron chi connectivity index (χ0n) is 11.2. The third-order valence-corrected chi connectivity index (χ3v) is 5.31. The van der Waals surface area contributed by atoms with E-state index in [0.29, 0.717) is 18.4 Å². The van der Waals surface area contributed by atoms with Crippen LogP contribution >= 0.6 is 27.3 Å². The van der Waals surface area contributed by atoms with E-state index in [-0.39, 0.29) is 5.91 Å². The van der Waals surface area contributed by atoms with Gasteiger partial charge >= 0.3 is 0 Å². The van der Waals surface area contributed by atoms with Crippen molar-refractivity contribution in [3.05, 3.63) is 20.8 Å². The smallest absolute Gasteiger partial charge is 0.220 e. The fourth-order valence-corrected chi connectivity index (χ4v) is 3.90. The molecule has 2 N–H and O–H groups in total. The standard InChI is InChI=1S/C14H21BrN2OS/c1-10-7-8-16-9-12(10)17-14(18)4-2-3-11-5-6-13(15)19-11/h5-6,10,12,16H,2-4,7-9H2,1H3,(H,17,18). The predicted molar refractivity (Wildman–Crippen MR) is 83.5 cm³/mol. The molecule has 0 bridgehead atoms. The molecule has 106 valence electrons. The number of carbonyl (C=O) groups excluding carboxylic acids is 1. The zero-order chi connectivity index (χ0) is 13.7. The van der Waals surface area contributed by atoms with Gasteiger partial charge in [0.1, 0.15) is 0 Å². The number of hydrogen-bond acceptors (Lipinski definition) is 3. The van der Waals surface area contributed by atoms with Crippen molar-refractivity contribution < 1.29 is 4.79 Å². The number of carbonyl (C=O) groups is 1. The lowest BCUT2D eigenvalue weighted by molar-refractivity contribution is -0.122. The van der Waals surface area contributed by atoms with Crippen molar-refractivity contribution in [1.82, 2.24) is 10.6 Å². The second kappa shape index (κ2) is 7.41. The Balaban J connectivity index is 1.66. The molecule has 1 aliphatic heterocycles. The monoisotopic (exact) mass is 344 g/mol. The summed E-state index contributed by atoms with van der Waals surface area (Å²) in [7, 11) is 0. The van der Waals surface area contributed by atoms with Crippen LogP contribution in [0.2, 0.25) is 0 Å². The van der Waals surface area contributed by atoms with Crippen LogP contribution in [0.4, 0.5) is 0 Å². The van der Waals surface area contributed by atoms with Crippen molar-refractivity contribution in [2.45, 2.75) is 38.6 Å². The molecular formula is C14H21BrN2OS. The predicted octanol–water partition coefficient (Wildman–Crippen LogP) is 2.95. The van der Waals surface area contributed by atoms with Crippen LogP contribution in [-0.2, 0) is 11.2 Å². The van der Waals surface area contributed by atoms with Crippen LogP contribution in [0, 0.1) is 5.92 Å². The normalized spacial score (nSPS) is 23.3. The molecule has 0 aliphatic carbocycles. The van der Waals surface area contributed by atoms with Gasteiger partial charge in [-0.15, -0.1) is 11.3 Å². The molecular weight excluding hydrogens is 324 g/mol. The van der Waals surface area contributed by atoms with Crippen LogP contribution < -0.4 is 10.6 Å². The Labute approximate surface area is 127 Å². The first-order valence-corrected chi connectivity index (χ1v) is 8.50. The van der Waals surface area contributed by atoms with Crippen LogP contribution in [0.5, 0.6) is 0 Å². The Bertz CT molecular complexity index is 421. The van der Waals surface area contributed by atoms with Gasteiger partial charge in [0.15, 0.2) is 0 Å². The van der Waals surface area contributed by atoms with Gasteiger partial charge in [-0.25, -0.2) is 0 Å². The van der Waals surface area contributed by atoms with E-state index in [1.807, 2.05) is 0 Å². The van der Waals surface area contributed by atoms with Gasteiger partial charge < -0.3 is 10.6 Å². The molecule has 2 rings (SSSR count). The molecule has 0 spiro atoms.